The fourth-order valence-electron chi connectivity index (χ4n) is 2.90. The van der Waals surface area contributed by atoms with Crippen LogP contribution in [-0.2, 0) is 4.74 Å². The van der Waals surface area contributed by atoms with E-state index < -0.39 is 5.97 Å². The van der Waals surface area contributed by atoms with E-state index in [9.17, 15) is 9.90 Å². The van der Waals surface area contributed by atoms with E-state index in [2.05, 4.69) is 9.88 Å². The van der Waals surface area contributed by atoms with E-state index in [0.717, 1.165) is 49.7 Å². The molecule has 1 aromatic carbocycles. The lowest BCUT2D eigenvalue weighted by Crippen LogP contribution is -2.38. The van der Waals surface area contributed by atoms with Crippen LogP contribution in [0, 0.1) is 6.92 Å². The summed E-state index contributed by atoms with van der Waals surface area (Å²) in [6.07, 6.45) is 1.49. The molecule has 132 valence electrons. The summed E-state index contributed by atoms with van der Waals surface area (Å²) in [6, 6.07) is 9.21. The first-order valence-corrected chi connectivity index (χ1v) is 8.37. The van der Waals surface area contributed by atoms with Crippen molar-refractivity contribution < 1.29 is 19.4 Å². The number of aryl methyl sites for hydroxylation is 1. The van der Waals surface area contributed by atoms with Gasteiger partial charge >= 0.3 is 5.97 Å². The maximum absolute atomic E-state index is 11.3. The van der Waals surface area contributed by atoms with Crippen LogP contribution >= 0.6 is 0 Å². The fraction of sp³-hybridized carbons (Fsp3) is 0.368. The molecule has 0 saturated carbocycles. The molecule has 0 spiro atoms. The number of carboxylic acids is 1. The van der Waals surface area contributed by atoms with Crippen molar-refractivity contribution in [2.24, 2.45) is 0 Å². The van der Waals surface area contributed by atoms with Crippen LogP contribution in [0.25, 0.3) is 11.1 Å². The van der Waals surface area contributed by atoms with Gasteiger partial charge in [0.2, 0.25) is 0 Å². The number of pyridine rings is 1. The zero-order valence-electron chi connectivity index (χ0n) is 14.3. The predicted molar refractivity (Wildman–Crippen MR) is 94.1 cm³/mol. The molecule has 1 N–H and O–H groups in total. The Morgan fingerprint density at radius 1 is 1.32 bits per heavy atom. The number of rotatable bonds is 6. The van der Waals surface area contributed by atoms with Gasteiger partial charge in [0.25, 0.3) is 0 Å². The molecule has 25 heavy (non-hydrogen) atoms. The van der Waals surface area contributed by atoms with Gasteiger partial charge in [-0.3, -0.25) is 4.90 Å². The van der Waals surface area contributed by atoms with Gasteiger partial charge in [0.1, 0.15) is 12.4 Å². The summed E-state index contributed by atoms with van der Waals surface area (Å²) in [5, 5.41) is 9.29. The highest BCUT2D eigenvalue weighted by atomic mass is 16.5. The van der Waals surface area contributed by atoms with Crippen LogP contribution < -0.4 is 4.74 Å². The van der Waals surface area contributed by atoms with Gasteiger partial charge in [0.05, 0.1) is 13.2 Å². The first-order chi connectivity index (χ1) is 12.1. The van der Waals surface area contributed by atoms with Gasteiger partial charge in [-0.25, -0.2) is 9.78 Å². The van der Waals surface area contributed by atoms with Gasteiger partial charge in [0.15, 0.2) is 5.69 Å². The SMILES string of the molecule is Cc1cc(-c2cccnc2C(=O)O)ccc1OCCN1CCOCC1. The second kappa shape index (κ2) is 8.09. The monoisotopic (exact) mass is 342 g/mol. The molecular formula is C19H22N2O4. The molecule has 1 fully saturated rings. The lowest BCUT2D eigenvalue weighted by atomic mass is 10.0. The largest absolute Gasteiger partial charge is 0.492 e. The molecule has 0 aliphatic carbocycles. The van der Waals surface area contributed by atoms with Crippen molar-refractivity contribution in [3.63, 3.8) is 0 Å². The third-order valence-corrected chi connectivity index (χ3v) is 4.27. The summed E-state index contributed by atoms with van der Waals surface area (Å²) < 4.78 is 11.2. The maximum Gasteiger partial charge on any atom is 0.355 e. The molecule has 3 rings (SSSR count). The Balaban J connectivity index is 1.68. The quantitative estimate of drug-likeness (QED) is 0.869. The lowest BCUT2D eigenvalue weighted by molar-refractivity contribution is 0.0322. The maximum atomic E-state index is 11.3. The topological polar surface area (TPSA) is 71.9 Å². The summed E-state index contributed by atoms with van der Waals surface area (Å²) in [7, 11) is 0. The van der Waals surface area contributed by atoms with Crippen LogP contribution in [0.4, 0.5) is 0 Å². The highest BCUT2D eigenvalue weighted by Crippen LogP contribution is 2.28. The number of benzene rings is 1. The molecule has 0 atom stereocenters. The fourth-order valence-corrected chi connectivity index (χ4v) is 2.90. The zero-order chi connectivity index (χ0) is 17.6. The first kappa shape index (κ1) is 17.4. The second-order valence-electron chi connectivity index (χ2n) is 5.99. The number of hydrogen-bond acceptors (Lipinski definition) is 5. The van der Waals surface area contributed by atoms with Gasteiger partial charge in [0, 0.05) is 31.4 Å². The highest BCUT2D eigenvalue weighted by molar-refractivity contribution is 5.93. The van der Waals surface area contributed by atoms with Crippen LogP contribution in [0.3, 0.4) is 0 Å². The smallest absolute Gasteiger partial charge is 0.355 e. The standard InChI is InChI=1S/C19H22N2O4/c1-14-13-15(16-3-2-6-20-18(16)19(22)23)4-5-17(14)25-12-9-21-7-10-24-11-8-21/h2-6,13H,7-12H2,1H3,(H,22,23). The van der Waals surface area contributed by atoms with Crippen molar-refractivity contribution in [3.8, 4) is 16.9 Å². The molecule has 0 amide bonds. The normalized spacial score (nSPS) is 15.1. The van der Waals surface area contributed by atoms with Crippen molar-refractivity contribution in [1.82, 2.24) is 9.88 Å². The summed E-state index contributed by atoms with van der Waals surface area (Å²) in [5.74, 6) is -0.211. The Hall–Kier alpha value is -2.44. The minimum absolute atomic E-state index is 0.0582. The molecular weight excluding hydrogens is 320 g/mol. The van der Waals surface area contributed by atoms with E-state index in [1.807, 2.05) is 25.1 Å². The van der Waals surface area contributed by atoms with Crippen molar-refractivity contribution in [2.45, 2.75) is 6.92 Å². The Labute approximate surface area is 147 Å². The minimum Gasteiger partial charge on any atom is -0.492 e. The van der Waals surface area contributed by atoms with Crippen molar-refractivity contribution in [2.75, 3.05) is 39.5 Å². The number of aromatic carboxylic acids is 1. The predicted octanol–water partition coefficient (Wildman–Crippen LogP) is 2.47. The van der Waals surface area contributed by atoms with Crippen molar-refractivity contribution in [3.05, 3.63) is 47.8 Å². The Morgan fingerprint density at radius 2 is 2.12 bits per heavy atom. The van der Waals surface area contributed by atoms with Crippen molar-refractivity contribution >= 4 is 5.97 Å². The molecule has 1 saturated heterocycles. The molecule has 1 aliphatic rings. The summed E-state index contributed by atoms with van der Waals surface area (Å²) in [6.45, 7) is 6.91. The number of ether oxygens (including phenoxy) is 2. The zero-order valence-corrected chi connectivity index (χ0v) is 14.3. The molecule has 0 unspecified atom stereocenters. The van der Waals surface area contributed by atoms with Crippen LogP contribution in [0.15, 0.2) is 36.5 Å². The van der Waals surface area contributed by atoms with E-state index in [0.29, 0.717) is 12.2 Å². The van der Waals surface area contributed by atoms with Gasteiger partial charge in [-0.05, 0) is 36.2 Å². The van der Waals surface area contributed by atoms with Crippen LogP contribution in [0.1, 0.15) is 16.1 Å². The summed E-state index contributed by atoms with van der Waals surface area (Å²) >= 11 is 0. The van der Waals surface area contributed by atoms with Gasteiger partial charge in [-0.1, -0.05) is 12.1 Å². The van der Waals surface area contributed by atoms with E-state index in [1.165, 1.54) is 6.20 Å². The van der Waals surface area contributed by atoms with Gasteiger partial charge in [-0.2, -0.15) is 0 Å². The second-order valence-corrected chi connectivity index (χ2v) is 5.99. The van der Waals surface area contributed by atoms with E-state index in [4.69, 9.17) is 9.47 Å². The molecule has 1 aliphatic heterocycles. The number of carbonyl (C=O) groups is 1. The highest BCUT2D eigenvalue weighted by Gasteiger charge is 2.14. The van der Waals surface area contributed by atoms with E-state index >= 15 is 0 Å². The van der Waals surface area contributed by atoms with E-state index in [-0.39, 0.29) is 5.69 Å². The number of carboxylic acid groups (broad SMARTS) is 1. The number of nitrogens with zero attached hydrogens (tertiary/aromatic N) is 2. The Bertz CT molecular complexity index is 742. The van der Waals surface area contributed by atoms with Crippen LogP contribution in [0.2, 0.25) is 0 Å². The molecule has 2 aromatic rings. The molecule has 1 aromatic heterocycles. The summed E-state index contributed by atoms with van der Waals surface area (Å²) in [4.78, 5) is 17.6. The Morgan fingerprint density at radius 3 is 2.84 bits per heavy atom. The molecule has 2 heterocycles. The van der Waals surface area contributed by atoms with Gasteiger partial charge in [-0.15, -0.1) is 0 Å². The average molecular weight is 342 g/mol. The first-order valence-electron chi connectivity index (χ1n) is 8.37. The minimum atomic E-state index is -1.03. The number of hydrogen-bond donors (Lipinski definition) is 1. The molecule has 6 heteroatoms. The third kappa shape index (κ3) is 4.35. The Kier molecular flexibility index (Phi) is 5.63. The van der Waals surface area contributed by atoms with Gasteiger partial charge < -0.3 is 14.6 Å². The molecule has 6 nitrogen and oxygen atoms in total. The lowest BCUT2D eigenvalue weighted by Gasteiger charge is -2.26. The van der Waals surface area contributed by atoms with Crippen molar-refractivity contribution in [1.29, 1.82) is 0 Å². The van der Waals surface area contributed by atoms with Crippen LogP contribution in [-0.4, -0.2) is 60.4 Å². The number of aromatic nitrogens is 1. The van der Waals surface area contributed by atoms with Crippen LogP contribution in [0.5, 0.6) is 5.75 Å². The number of morpholine rings is 1. The molecule has 0 bridgehead atoms. The molecule has 0 radical (unpaired) electrons. The third-order valence-electron chi connectivity index (χ3n) is 4.27. The summed E-state index contributed by atoms with van der Waals surface area (Å²) in [5.41, 5.74) is 2.46. The average Bonchev–Trinajstić information content (AvgIpc) is 2.64. The van der Waals surface area contributed by atoms with E-state index in [1.54, 1.807) is 12.1 Å².